The van der Waals surface area contributed by atoms with Crippen LogP contribution in [-0.4, -0.2) is 14.9 Å². The fourth-order valence-electron chi connectivity index (χ4n) is 1.97. The van der Waals surface area contributed by atoms with Gasteiger partial charge in [-0.05, 0) is 30.4 Å². The number of rotatable bonds is 6. The van der Waals surface area contributed by atoms with E-state index in [0.717, 1.165) is 11.3 Å². The van der Waals surface area contributed by atoms with Crippen molar-refractivity contribution in [2.24, 2.45) is 5.84 Å². The van der Waals surface area contributed by atoms with E-state index in [9.17, 15) is 10.1 Å². The van der Waals surface area contributed by atoms with Crippen LogP contribution in [0.3, 0.4) is 0 Å². The molecule has 0 aliphatic rings. The van der Waals surface area contributed by atoms with Crippen LogP contribution in [0.25, 0.3) is 0 Å². The number of nitrogens with one attached hydrogen (secondary N) is 2. The molecule has 2 aromatic heterocycles. The third kappa shape index (κ3) is 3.26. The molecule has 0 aliphatic carbocycles. The number of nitrogens with two attached hydrogens (primary N) is 1. The number of aromatic nitrogens is 2. The van der Waals surface area contributed by atoms with E-state index in [0.29, 0.717) is 6.54 Å². The summed E-state index contributed by atoms with van der Waals surface area (Å²) in [5.41, 5.74) is 3.65. The van der Waals surface area contributed by atoms with Crippen molar-refractivity contribution >= 4 is 28.8 Å². The molecule has 8 nitrogen and oxygen atoms in total. The number of nitro groups is 1. The second kappa shape index (κ2) is 6.46. The largest absolute Gasteiger partial charge is 0.359 e. The number of aryl methyl sites for hydroxylation is 2. The van der Waals surface area contributed by atoms with Gasteiger partial charge in [0.1, 0.15) is 5.69 Å². The minimum atomic E-state index is -0.493. The Morgan fingerprint density at radius 1 is 1.48 bits per heavy atom. The fourth-order valence-corrected chi connectivity index (χ4v) is 2.89. The molecular weight excluding hydrogens is 292 g/mol. The highest BCUT2D eigenvalue weighted by atomic mass is 32.1. The summed E-state index contributed by atoms with van der Waals surface area (Å²) in [5, 5.41) is 16.2. The van der Waals surface area contributed by atoms with Crippen LogP contribution >= 0.6 is 11.3 Å². The van der Waals surface area contributed by atoms with Gasteiger partial charge in [-0.25, -0.2) is 10.8 Å². The highest BCUT2D eigenvalue weighted by molar-refractivity contribution is 7.10. The van der Waals surface area contributed by atoms with E-state index in [2.05, 4.69) is 27.6 Å². The summed E-state index contributed by atoms with van der Waals surface area (Å²) in [4.78, 5) is 19.8. The lowest BCUT2D eigenvalue weighted by Gasteiger charge is -2.09. The summed E-state index contributed by atoms with van der Waals surface area (Å²) in [6.45, 7) is 4.09. The number of nitrogens with zero attached hydrogens (tertiary/aromatic N) is 3. The average Bonchev–Trinajstić information content (AvgIpc) is 2.91. The van der Waals surface area contributed by atoms with Gasteiger partial charge in [0.15, 0.2) is 0 Å². The van der Waals surface area contributed by atoms with Crippen LogP contribution < -0.4 is 16.6 Å². The monoisotopic (exact) mass is 308 g/mol. The van der Waals surface area contributed by atoms with Gasteiger partial charge >= 0.3 is 5.69 Å². The number of hydrogen-bond acceptors (Lipinski definition) is 8. The molecule has 0 aromatic carbocycles. The molecule has 0 amide bonds. The Morgan fingerprint density at radius 2 is 2.24 bits per heavy atom. The standard InChI is InChI=1S/C12H16N6O2S/c1-3-8-4-5-21-9(8)6-14-11-10(18(19)20)7(2)15-12(16-11)17-13/h4-5H,3,6,13H2,1-2H3,(H2,14,15,16,17). The minimum Gasteiger partial charge on any atom is -0.359 e. The van der Waals surface area contributed by atoms with Crippen molar-refractivity contribution in [3.63, 3.8) is 0 Å². The van der Waals surface area contributed by atoms with Crippen LogP contribution in [0.15, 0.2) is 11.4 Å². The van der Waals surface area contributed by atoms with E-state index in [1.54, 1.807) is 18.3 Å². The molecule has 0 radical (unpaired) electrons. The quantitative estimate of drug-likeness (QED) is 0.425. The van der Waals surface area contributed by atoms with Crippen molar-refractivity contribution in [3.8, 4) is 0 Å². The third-order valence-corrected chi connectivity index (χ3v) is 3.97. The highest BCUT2D eigenvalue weighted by Crippen LogP contribution is 2.27. The predicted octanol–water partition coefficient (Wildman–Crippen LogP) is 2.21. The molecule has 0 saturated carbocycles. The first-order chi connectivity index (χ1) is 10.1. The molecule has 9 heteroatoms. The van der Waals surface area contributed by atoms with Crippen LogP contribution in [0, 0.1) is 17.0 Å². The van der Waals surface area contributed by atoms with E-state index in [1.165, 1.54) is 5.56 Å². The summed E-state index contributed by atoms with van der Waals surface area (Å²) in [6, 6.07) is 2.05. The molecule has 0 atom stereocenters. The Balaban J connectivity index is 2.30. The van der Waals surface area contributed by atoms with Gasteiger partial charge in [0.25, 0.3) is 0 Å². The van der Waals surface area contributed by atoms with Crippen LogP contribution in [0.1, 0.15) is 23.1 Å². The Morgan fingerprint density at radius 3 is 2.86 bits per heavy atom. The van der Waals surface area contributed by atoms with Crippen LogP contribution in [0.2, 0.25) is 0 Å². The Kier molecular flexibility index (Phi) is 4.66. The second-order valence-corrected chi connectivity index (χ2v) is 5.31. The van der Waals surface area contributed by atoms with Crippen molar-refractivity contribution in [1.82, 2.24) is 9.97 Å². The smallest absolute Gasteiger partial charge is 0.332 e. The normalized spacial score (nSPS) is 10.4. The first kappa shape index (κ1) is 15.1. The Bertz CT molecular complexity index is 657. The average molecular weight is 308 g/mol. The molecule has 21 heavy (non-hydrogen) atoms. The van der Waals surface area contributed by atoms with Gasteiger partial charge in [0.05, 0.1) is 11.5 Å². The summed E-state index contributed by atoms with van der Waals surface area (Å²) in [5.74, 6) is 5.58. The van der Waals surface area contributed by atoms with Gasteiger partial charge in [-0.1, -0.05) is 6.92 Å². The van der Waals surface area contributed by atoms with Gasteiger partial charge in [0, 0.05) is 4.88 Å². The highest BCUT2D eigenvalue weighted by Gasteiger charge is 2.22. The molecule has 2 heterocycles. The fraction of sp³-hybridized carbons (Fsp3) is 0.333. The van der Waals surface area contributed by atoms with Gasteiger partial charge in [-0.15, -0.1) is 11.3 Å². The number of thiophene rings is 1. The molecule has 2 rings (SSSR count). The molecule has 4 N–H and O–H groups in total. The van der Waals surface area contributed by atoms with E-state index in [1.807, 2.05) is 11.4 Å². The van der Waals surface area contributed by atoms with Crippen molar-refractivity contribution in [1.29, 1.82) is 0 Å². The lowest BCUT2D eigenvalue weighted by molar-refractivity contribution is -0.385. The van der Waals surface area contributed by atoms with E-state index < -0.39 is 4.92 Å². The predicted molar refractivity (Wildman–Crippen MR) is 82.3 cm³/mol. The summed E-state index contributed by atoms with van der Waals surface area (Å²) in [7, 11) is 0. The van der Waals surface area contributed by atoms with Crippen LogP contribution in [0.5, 0.6) is 0 Å². The van der Waals surface area contributed by atoms with Crippen molar-refractivity contribution in [3.05, 3.63) is 37.7 Å². The second-order valence-electron chi connectivity index (χ2n) is 4.31. The molecule has 2 aromatic rings. The van der Waals surface area contributed by atoms with E-state index in [4.69, 9.17) is 5.84 Å². The van der Waals surface area contributed by atoms with Gasteiger partial charge < -0.3 is 5.32 Å². The first-order valence-corrected chi connectivity index (χ1v) is 7.23. The SMILES string of the molecule is CCc1ccsc1CNc1nc(NN)nc(C)c1[N+](=O)[O-]. The zero-order chi connectivity index (χ0) is 15.4. The van der Waals surface area contributed by atoms with Crippen LogP contribution in [0.4, 0.5) is 17.5 Å². The Hall–Kier alpha value is -2.26. The van der Waals surface area contributed by atoms with E-state index >= 15 is 0 Å². The molecular formula is C12H16N6O2S. The van der Waals surface area contributed by atoms with Crippen molar-refractivity contribution < 1.29 is 4.92 Å². The Labute approximate surface area is 125 Å². The number of anilines is 2. The molecule has 0 unspecified atom stereocenters. The maximum absolute atomic E-state index is 11.2. The summed E-state index contributed by atoms with van der Waals surface area (Å²) >= 11 is 1.61. The van der Waals surface area contributed by atoms with Crippen LogP contribution in [-0.2, 0) is 13.0 Å². The zero-order valence-electron chi connectivity index (χ0n) is 11.7. The minimum absolute atomic E-state index is 0.136. The third-order valence-electron chi connectivity index (χ3n) is 3.00. The van der Waals surface area contributed by atoms with Crippen molar-refractivity contribution in [2.75, 3.05) is 10.7 Å². The maximum atomic E-state index is 11.2. The van der Waals surface area contributed by atoms with E-state index in [-0.39, 0.29) is 23.1 Å². The van der Waals surface area contributed by atoms with Crippen molar-refractivity contribution in [2.45, 2.75) is 26.8 Å². The first-order valence-electron chi connectivity index (χ1n) is 6.35. The lowest BCUT2D eigenvalue weighted by atomic mass is 10.2. The molecule has 0 fully saturated rings. The molecule has 0 saturated heterocycles. The molecule has 0 spiro atoms. The molecule has 112 valence electrons. The number of nitrogen functional groups attached to an aromatic ring is 1. The summed E-state index contributed by atoms with van der Waals surface area (Å²) < 4.78 is 0. The van der Waals surface area contributed by atoms with Gasteiger partial charge in [-0.2, -0.15) is 4.98 Å². The van der Waals surface area contributed by atoms with Gasteiger partial charge in [0.2, 0.25) is 11.8 Å². The zero-order valence-corrected chi connectivity index (χ0v) is 12.5. The molecule has 0 bridgehead atoms. The van der Waals surface area contributed by atoms with Gasteiger partial charge in [-0.3, -0.25) is 15.5 Å². The topological polar surface area (TPSA) is 119 Å². The maximum Gasteiger partial charge on any atom is 0.332 e. The molecule has 0 aliphatic heterocycles. The number of hydrogen-bond donors (Lipinski definition) is 3. The number of hydrazine groups is 1. The summed E-state index contributed by atoms with van der Waals surface area (Å²) in [6.07, 6.45) is 0.918. The lowest BCUT2D eigenvalue weighted by Crippen LogP contribution is -2.14.